The van der Waals surface area contributed by atoms with Crippen LogP contribution in [-0.4, -0.2) is 51.8 Å². The third-order valence-electron chi connectivity index (χ3n) is 6.67. The van der Waals surface area contributed by atoms with Crippen molar-refractivity contribution < 1.29 is 27.1 Å². The van der Waals surface area contributed by atoms with Crippen molar-refractivity contribution in [3.05, 3.63) is 35.6 Å². The molecular formula is C27H48FNO5S2Si. The van der Waals surface area contributed by atoms with Gasteiger partial charge in [0.15, 0.2) is 8.32 Å². The molecule has 0 aliphatic carbocycles. The molecule has 1 N–H and O–H groups in total. The van der Waals surface area contributed by atoms with E-state index < -0.39 is 63.2 Å². The Morgan fingerprint density at radius 1 is 1.08 bits per heavy atom. The molecule has 37 heavy (non-hydrogen) atoms. The summed E-state index contributed by atoms with van der Waals surface area (Å²) in [6.45, 7) is 21.8. The van der Waals surface area contributed by atoms with Crippen LogP contribution in [0, 0.1) is 5.82 Å². The zero-order chi connectivity index (χ0) is 29.0. The number of carbonyl (C=O) groups excluding carboxylic acids is 1. The smallest absolute Gasteiger partial charge is 0.305 e. The average molecular weight is 578 g/mol. The summed E-state index contributed by atoms with van der Waals surface area (Å²) < 4.78 is 55.4. The van der Waals surface area contributed by atoms with Crippen LogP contribution in [0.15, 0.2) is 24.3 Å². The van der Waals surface area contributed by atoms with Gasteiger partial charge in [0, 0.05) is 33.3 Å². The zero-order valence-corrected chi connectivity index (χ0v) is 27.3. The fraction of sp³-hybridized carbons (Fsp3) is 0.741. The van der Waals surface area contributed by atoms with Gasteiger partial charge in [-0.15, -0.1) is 4.72 Å². The van der Waals surface area contributed by atoms with E-state index in [1.165, 1.54) is 19.2 Å². The summed E-state index contributed by atoms with van der Waals surface area (Å²) in [5.41, 5.74) is 0.653. The number of hydrogen-bond acceptors (Lipinski definition) is 6. The molecule has 0 saturated heterocycles. The lowest BCUT2D eigenvalue weighted by Crippen LogP contribution is -2.57. The number of benzene rings is 1. The SMILES string of the molecule is COC(=O)CC[C@H](O[Si](C)(C)C(C)(C)C)C(N[S+]([O-])C(C)(C)C)C(c1ccc(F)cc1)[S@@](=O)C(C)(C)C. The van der Waals surface area contributed by atoms with E-state index in [1.54, 1.807) is 12.1 Å². The van der Waals surface area contributed by atoms with Gasteiger partial charge in [0.25, 0.3) is 0 Å². The minimum atomic E-state index is -2.40. The summed E-state index contributed by atoms with van der Waals surface area (Å²) in [5, 5.41) is -0.821. The second-order valence-electron chi connectivity index (χ2n) is 12.9. The second kappa shape index (κ2) is 13.0. The average Bonchev–Trinajstić information content (AvgIpc) is 2.74. The van der Waals surface area contributed by atoms with Crippen LogP contribution in [0.5, 0.6) is 0 Å². The van der Waals surface area contributed by atoms with Gasteiger partial charge in [0.2, 0.25) is 0 Å². The lowest BCUT2D eigenvalue weighted by atomic mass is 9.98. The van der Waals surface area contributed by atoms with Gasteiger partial charge in [-0.2, -0.15) is 0 Å². The van der Waals surface area contributed by atoms with E-state index in [0.717, 1.165) is 0 Å². The molecule has 0 aromatic heterocycles. The Morgan fingerprint density at radius 2 is 1.59 bits per heavy atom. The number of ether oxygens (including phenoxy) is 1. The minimum Gasteiger partial charge on any atom is -0.598 e. The highest BCUT2D eigenvalue weighted by Gasteiger charge is 2.47. The van der Waals surface area contributed by atoms with E-state index in [9.17, 15) is 17.9 Å². The molecule has 0 radical (unpaired) electrons. The van der Waals surface area contributed by atoms with E-state index in [4.69, 9.17) is 9.16 Å². The highest BCUT2D eigenvalue weighted by molar-refractivity contribution is 7.91. The van der Waals surface area contributed by atoms with Crippen molar-refractivity contribution in [3.63, 3.8) is 0 Å². The van der Waals surface area contributed by atoms with Crippen molar-refractivity contribution in [1.29, 1.82) is 0 Å². The Hall–Kier alpha value is -0.783. The predicted octanol–water partition coefficient (Wildman–Crippen LogP) is 6.18. The van der Waals surface area contributed by atoms with Crippen LogP contribution >= 0.6 is 0 Å². The maximum atomic E-state index is 14.1. The Morgan fingerprint density at radius 3 is 2.00 bits per heavy atom. The molecule has 214 valence electrons. The molecule has 1 rings (SSSR count). The summed E-state index contributed by atoms with van der Waals surface area (Å²) in [5.74, 6) is -0.776. The monoisotopic (exact) mass is 577 g/mol. The molecule has 0 amide bonds. The molecule has 0 saturated carbocycles. The summed E-state index contributed by atoms with van der Waals surface area (Å²) in [6, 6.07) is 5.25. The number of esters is 1. The molecule has 10 heteroatoms. The molecule has 0 aliphatic heterocycles. The van der Waals surface area contributed by atoms with Gasteiger partial charge < -0.3 is 13.7 Å². The lowest BCUT2D eigenvalue weighted by molar-refractivity contribution is -0.141. The number of carbonyl (C=O) groups is 1. The quantitative estimate of drug-likeness (QED) is 0.192. The molecule has 1 aromatic rings. The zero-order valence-electron chi connectivity index (χ0n) is 24.7. The summed E-state index contributed by atoms with van der Waals surface area (Å²) in [7, 11) is -2.55. The van der Waals surface area contributed by atoms with E-state index in [2.05, 4.69) is 38.6 Å². The Bertz CT molecular complexity index is 907. The minimum absolute atomic E-state index is 0.0917. The lowest BCUT2D eigenvalue weighted by Gasteiger charge is -2.44. The number of hydrogen-bond donors (Lipinski definition) is 1. The molecular weight excluding hydrogens is 530 g/mol. The number of halogens is 1. The highest BCUT2D eigenvalue weighted by atomic mass is 32.2. The molecule has 3 unspecified atom stereocenters. The van der Waals surface area contributed by atoms with Gasteiger partial charge in [-0.05, 0) is 83.8 Å². The van der Waals surface area contributed by atoms with Crippen LogP contribution in [0.2, 0.25) is 18.1 Å². The number of nitrogens with one attached hydrogen (secondary N) is 1. The first kappa shape index (κ1) is 34.2. The molecule has 0 bridgehead atoms. The van der Waals surface area contributed by atoms with Crippen LogP contribution < -0.4 is 4.72 Å². The van der Waals surface area contributed by atoms with Crippen molar-refractivity contribution in [2.24, 2.45) is 0 Å². The van der Waals surface area contributed by atoms with Crippen LogP contribution in [0.1, 0.15) is 86.0 Å². The number of rotatable bonds is 11. The maximum absolute atomic E-state index is 14.1. The molecule has 1 aromatic carbocycles. The third-order valence-corrected chi connectivity index (χ3v) is 15.0. The van der Waals surface area contributed by atoms with Gasteiger partial charge in [-0.3, -0.25) is 9.00 Å². The maximum Gasteiger partial charge on any atom is 0.305 e. The van der Waals surface area contributed by atoms with Gasteiger partial charge in [0.1, 0.15) is 10.6 Å². The van der Waals surface area contributed by atoms with E-state index >= 15 is 0 Å². The van der Waals surface area contributed by atoms with Crippen LogP contribution in [0.4, 0.5) is 4.39 Å². The van der Waals surface area contributed by atoms with Gasteiger partial charge in [-0.25, -0.2) is 4.39 Å². The Balaban J connectivity index is 3.83. The molecule has 6 nitrogen and oxygen atoms in total. The molecule has 0 fully saturated rings. The molecule has 0 aliphatic rings. The van der Waals surface area contributed by atoms with Crippen molar-refractivity contribution in [1.82, 2.24) is 4.72 Å². The normalized spacial score (nSPS) is 17.6. The van der Waals surface area contributed by atoms with Gasteiger partial charge in [-0.1, -0.05) is 32.9 Å². The summed E-state index contributed by atoms with van der Waals surface area (Å²) >= 11 is -1.53. The van der Waals surface area contributed by atoms with E-state index in [1.807, 2.05) is 41.5 Å². The predicted molar refractivity (Wildman–Crippen MR) is 155 cm³/mol. The van der Waals surface area contributed by atoms with Crippen molar-refractivity contribution in [2.45, 2.75) is 120 Å². The van der Waals surface area contributed by atoms with Gasteiger partial charge in [0.05, 0.1) is 24.5 Å². The highest BCUT2D eigenvalue weighted by Crippen LogP contribution is 2.41. The molecule has 5 atom stereocenters. The second-order valence-corrected chi connectivity index (χ2v) is 22.0. The van der Waals surface area contributed by atoms with Gasteiger partial charge >= 0.3 is 5.97 Å². The molecule has 0 spiro atoms. The summed E-state index contributed by atoms with van der Waals surface area (Å²) in [6.07, 6.45) is -0.223. The first-order chi connectivity index (χ1) is 16.6. The van der Waals surface area contributed by atoms with E-state index in [0.29, 0.717) is 5.56 Å². The molecule has 0 heterocycles. The third kappa shape index (κ3) is 10.0. The Labute approximate surface area is 230 Å². The standard InChI is InChI=1S/C27H48FNO5S2Si/c1-25(2,3)35(31)24(19-13-15-20(28)16-14-19)23(29-36(32)26(4,5)6)21(17-18-22(30)33-10)34-37(11,12)27(7,8)9/h13-16,21,23-24,29H,17-18H2,1-12H3/t21-,23?,24?,35+,36?/m0/s1. The topological polar surface area (TPSA) is 87.7 Å². The van der Waals surface area contributed by atoms with Crippen molar-refractivity contribution >= 4 is 36.4 Å². The summed E-state index contributed by atoms with van der Waals surface area (Å²) in [4.78, 5) is 12.2. The Kier molecular flexibility index (Phi) is 12.1. The van der Waals surface area contributed by atoms with Crippen LogP contribution in [-0.2, 0) is 36.1 Å². The fourth-order valence-electron chi connectivity index (χ4n) is 3.36. The van der Waals surface area contributed by atoms with Crippen molar-refractivity contribution in [2.75, 3.05) is 7.11 Å². The van der Waals surface area contributed by atoms with E-state index in [-0.39, 0.29) is 23.8 Å². The first-order valence-corrected chi connectivity index (χ1v) is 18.0. The van der Waals surface area contributed by atoms with Crippen LogP contribution in [0.3, 0.4) is 0 Å². The largest absolute Gasteiger partial charge is 0.598 e. The van der Waals surface area contributed by atoms with Crippen molar-refractivity contribution in [3.8, 4) is 0 Å². The number of methoxy groups -OCH3 is 1. The first-order valence-electron chi connectivity index (χ1n) is 12.7. The fourth-order valence-corrected chi connectivity index (χ4v) is 7.39. The van der Waals surface area contributed by atoms with Crippen LogP contribution in [0.25, 0.3) is 0 Å².